The highest BCUT2D eigenvalue weighted by Crippen LogP contribution is 2.14. The van der Waals surface area contributed by atoms with Gasteiger partial charge in [0.05, 0.1) is 6.61 Å². The van der Waals surface area contributed by atoms with Crippen molar-refractivity contribution in [2.24, 2.45) is 0 Å². The number of unbranched alkanes of at least 4 members (excludes halogenated alkanes) is 1. The van der Waals surface area contributed by atoms with Crippen LogP contribution in [0.25, 0.3) is 6.08 Å². The summed E-state index contributed by atoms with van der Waals surface area (Å²) in [6, 6.07) is 13.0. The molecule has 1 heterocycles. The van der Waals surface area contributed by atoms with Gasteiger partial charge in [-0.2, -0.15) is 0 Å². The second-order valence-corrected chi connectivity index (χ2v) is 4.68. The van der Waals surface area contributed by atoms with Crippen molar-refractivity contribution in [3.8, 4) is 5.75 Å². The highest BCUT2D eigenvalue weighted by Gasteiger charge is 2.01. The molecular weight excluding hydrogens is 262 g/mol. The molecule has 0 N–H and O–H groups in total. The van der Waals surface area contributed by atoms with Gasteiger partial charge in [-0.25, -0.2) is 0 Å². The van der Waals surface area contributed by atoms with Crippen LogP contribution in [-0.2, 0) is 0 Å². The Bertz CT molecular complexity index is 588. The van der Waals surface area contributed by atoms with Gasteiger partial charge < -0.3 is 4.74 Å². The van der Waals surface area contributed by atoms with Gasteiger partial charge in [0.1, 0.15) is 11.4 Å². The van der Waals surface area contributed by atoms with Crippen molar-refractivity contribution in [3.63, 3.8) is 0 Å². The lowest BCUT2D eigenvalue weighted by Gasteiger charge is -2.04. The fourth-order valence-corrected chi connectivity index (χ4v) is 1.78. The average molecular weight is 281 g/mol. The van der Waals surface area contributed by atoms with E-state index < -0.39 is 0 Å². The van der Waals surface area contributed by atoms with Gasteiger partial charge in [0, 0.05) is 6.20 Å². The Balaban J connectivity index is 1.93. The number of carbonyl (C=O) groups is 1. The van der Waals surface area contributed by atoms with Gasteiger partial charge in [-0.15, -0.1) is 0 Å². The molecule has 0 unspecified atom stereocenters. The highest BCUT2D eigenvalue weighted by molar-refractivity contribution is 6.05. The maximum absolute atomic E-state index is 11.9. The van der Waals surface area contributed by atoms with E-state index in [0.717, 1.165) is 30.8 Å². The molecule has 108 valence electrons. The Morgan fingerprint density at radius 1 is 1.19 bits per heavy atom. The summed E-state index contributed by atoms with van der Waals surface area (Å²) in [4.78, 5) is 15.9. The summed E-state index contributed by atoms with van der Waals surface area (Å²) in [5.74, 6) is 0.760. The van der Waals surface area contributed by atoms with Crippen molar-refractivity contribution in [2.75, 3.05) is 6.61 Å². The lowest BCUT2D eigenvalue weighted by atomic mass is 10.1. The zero-order valence-electron chi connectivity index (χ0n) is 12.2. The number of ether oxygens (including phenoxy) is 1. The summed E-state index contributed by atoms with van der Waals surface area (Å²) < 4.78 is 5.60. The van der Waals surface area contributed by atoms with E-state index >= 15 is 0 Å². The van der Waals surface area contributed by atoms with Crippen molar-refractivity contribution in [2.45, 2.75) is 19.8 Å². The van der Waals surface area contributed by atoms with E-state index in [-0.39, 0.29) is 5.78 Å². The Hall–Kier alpha value is -2.42. The smallest absolute Gasteiger partial charge is 0.204 e. The molecule has 0 aliphatic rings. The van der Waals surface area contributed by atoms with Crippen LogP contribution >= 0.6 is 0 Å². The summed E-state index contributed by atoms with van der Waals surface area (Å²) in [6.07, 6.45) is 7.11. The largest absolute Gasteiger partial charge is 0.494 e. The van der Waals surface area contributed by atoms with Gasteiger partial charge in [0.2, 0.25) is 5.78 Å². The van der Waals surface area contributed by atoms with Gasteiger partial charge in [-0.3, -0.25) is 9.78 Å². The number of rotatable bonds is 7. The van der Waals surface area contributed by atoms with Gasteiger partial charge in [-0.1, -0.05) is 37.6 Å². The van der Waals surface area contributed by atoms with Crippen LogP contribution in [0, 0.1) is 0 Å². The second kappa shape index (κ2) is 8.00. The summed E-state index contributed by atoms with van der Waals surface area (Å²) in [6.45, 7) is 2.87. The van der Waals surface area contributed by atoms with Gasteiger partial charge in [-0.05, 0) is 42.3 Å². The number of hydrogen-bond acceptors (Lipinski definition) is 3. The molecular formula is C18H19NO2. The van der Waals surface area contributed by atoms with Crippen molar-refractivity contribution in [1.29, 1.82) is 0 Å². The predicted octanol–water partition coefficient (Wildman–Crippen LogP) is 4.16. The molecule has 0 bridgehead atoms. The van der Waals surface area contributed by atoms with Crippen molar-refractivity contribution >= 4 is 11.9 Å². The molecule has 0 saturated carbocycles. The van der Waals surface area contributed by atoms with Gasteiger partial charge in [0.15, 0.2) is 0 Å². The second-order valence-electron chi connectivity index (χ2n) is 4.68. The molecule has 1 aromatic carbocycles. The number of pyridine rings is 1. The van der Waals surface area contributed by atoms with E-state index in [1.54, 1.807) is 30.5 Å². The van der Waals surface area contributed by atoms with Crippen LogP contribution in [0.5, 0.6) is 5.75 Å². The van der Waals surface area contributed by atoms with Crippen molar-refractivity contribution < 1.29 is 9.53 Å². The normalized spacial score (nSPS) is 10.7. The quantitative estimate of drug-likeness (QED) is 0.434. The first-order valence-electron chi connectivity index (χ1n) is 7.16. The summed E-state index contributed by atoms with van der Waals surface area (Å²) in [5.41, 5.74) is 1.41. The zero-order valence-corrected chi connectivity index (χ0v) is 12.2. The standard InChI is InChI=1S/C18H19NO2/c1-2-3-14-21-16-10-7-15(8-11-16)9-12-18(20)17-6-4-5-13-19-17/h4-13H,2-3,14H2,1H3. The maximum Gasteiger partial charge on any atom is 0.204 e. The summed E-state index contributed by atoms with van der Waals surface area (Å²) in [5, 5.41) is 0. The van der Waals surface area contributed by atoms with E-state index in [1.807, 2.05) is 24.3 Å². The summed E-state index contributed by atoms with van der Waals surface area (Å²) in [7, 11) is 0. The van der Waals surface area contributed by atoms with E-state index in [2.05, 4.69) is 11.9 Å². The molecule has 3 nitrogen and oxygen atoms in total. The first-order valence-corrected chi connectivity index (χ1v) is 7.16. The number of carbonyl (C=O) groups excluding carboxylic acids is 1. The third-order valence-corrected chi connectivity index (χ3v) is 2.99. The third kappa shape index (κ3) is 4.88. The molecule has 2 aromatic rings. The number of nitrogens with zero attached hydrogens (tertiary/aromatic N) is 1. The monoisotopic (exact) mass is 281 g/mol. The van der Waals surface area contributed by atoms with Crippen molar-refractivity contribution in [1.82, 2.24) is 4.98 Å². The van der Waals surface area contributed by atoms with Crippen LogP contribution in [-0.4, -0.2) is 17.4 Å². The van der Waals surface area contributed by atoms with Crippen LogP contribution in [0.1, 0.15) is 35.8 Å². The van der Waals surface area contributed by atoms with Crippen LogP contribution in [0.4, 0.5) is 0 Å². The minimum absolute atomic E-state index is 0.0983. The molecule has 0 spiro atoms. The SMILES string of the molecule is CCCCOc1ccc(C=CC(=O)c2ccccn2)cc1. The molecule has 0 saturated heterocycles. The number of allylic oxidation sites excluding steroid dienone is 1. The number of hydrogen-bond donors (Lipinski definition) is 0. The zero-order chi connectivity index (χ0) is 14.9. The summed E-state index contributed by atoms with van der Waals surface area (Å²) >= 11 is 0. The minimum atomic E-state index is -0.0983. The third-order valence-electron chi connectivity index (χ3n) is 2.99. The molecule has 0 amide bonds. The molecule has 0 atom stereocenters. The van der Waals surface area contributed by atoms with Crippen LogP contribution < -0.4 is 4.74 Å². The maximum atomic E-state index is 11.9. The number of ketones is 1. The molecule has 0 radical (unpaired) electrons. The Morgan fingerprint density at radius 2 is 2.00 bits per heavy atom. The van der Waals surface area contributed by atoms with E-state index in [0.29, 0.717) is 5.69 Å². The predicted molar refractivity (Wildman–Crippen MR) is 84.4 cm³/mol. The molecule has 21 heavy (non-hydrogen) atoms. The van der Waals surface area contributed by atoms with Crippen LogP contribution in [0.3, 0.4) is 0 Å². The van der Waals surface area contributed by atoms with Crippen molar-refractivity contribution in [3.05, 3.63) is 66.0 Å². The Labute approximate surface area is 125 Å². The average Bonchev–Trinajstić information content (AvgIpc) is 2.55. The molecule has 3 heteroatoms. The molecule has 2 rings (SSSR count). The van der Waals surface area contributed by atoms with E-state index in [9.17, 15) is 4.79 Å². The van der Waals surface area contributed by atoms with E-state index in [4.69, 9.17) is 4.74 Å². The highest BCUT2D eigenvalue weighted by atomic mass is 16.5. The number of benzene rings is 1. The fraction of sp³-hybridized carbons (Fsp3) is 0.222. The lowest BCUT2D eigenvalue weighted by molar-refractivity contribution is 0.104. The van der Waals surface area contributed by atoms with Gasteiger partial charge >= 0.3 is 0 Å². The lowest BCUT2D eigenvalue weighted by Crippen LogP contribution is -1.97. The molecule has 0 fully saturated rings. The Morgan fingerprint density at radius 3 is 2.67 bits per heavy atom. The first-order chi connectivity index (χ1) is 10.3. The topological polar surface area (TPSA) is 39.2 Å². The number of aromatic nitrogens is 1. The van der Waals surface area contributed by atoms with Crippen LogP contribution in [0.2, 0.25) is 0 Å². The van der Waals surface area contributed by atoms with E-state index in [1.165, 1.54) is 6.08 Å². The fourth-order valence-electron chi connectivity index (χ4n) is 1.78. The minimum Gasteiger partial charge on any atom is -0.494 e. The Kier molecular flexibility index (Phi) is 5.71. The first kappa shape index (κ1) is 15.0. The van der Waals surface area contributed by atoms with Gasteiger partial charge in [0.25, 0.3) is 0 Å². The van der Waals surface area contributed by atoms with Crippen LogP contribution in [0.15, 0.2) is 54.7 Å². The molecule has 0 aliphatic carbocycles. The molecule has 0 aliphatic heterocycles. The molecule has 1 aromatic heterocycles.